The van der Waals surface area contributed by atoms with Gasteiger partial charge in [-0.25, -0.2) is 0 Å². The molecule has 5 aliphatic rings. The number of aromatic hydroxyl groups is 1. The number of carbonyl (C=O) groups excluding carboxylic acids is 12. The maximum atomic E-state index is 15.2. The largest absolute Gasteiger partial charge is 0.508 e. The van der Waals surface area contributed by atoms with Crippen LogP contribution in [0.5, 0.6) is 5.75 Å². The molecule has 464 valence electrons. The number of nitrogens with zero attached hydrogens (tertiary/aromatic N) is 3. The van der Waals surface area contributed by atoms with Crippen LogP contribution < -0.4 is 48.3 Å². The summed E-state index contributed by atoms with van der Waals surface area (Å²) >= 11 is 0. The molecule has 12 amide bonds. The molecule has 0 saturated carbocycles. The molecule has 3 unspecified atom stereocenters. The van der Waals surface area contributed by atoms with E-state index in [1.807, 2.05) is 4.90 Å². The Hall–Kier alpha value is -7.87. The molecule has 7 rings (SSSR count). The summed E-state index contributed by atoms with van der Waals surface area (Å²) in [4.78, 5) is 170. The summed E-state index contributed by atoms with van der Waals surface area (Å²) in [6.07, 6.45) is 0.176. The second-order valence-electron chi connectivity index (χ2n) is 22.1. The minimum Gasteiger partial charge on any atom is -0.508 e. The average Bonchev–Trinajstić information content (AvgIpc) is 1.81. The van der Waals surface area contributed by atoms with Gasteiger partial charge in [-0.2, -0.15) is 0 Å². The molecule has 5 aliphatic heterocycles. The number of phenolic OH excluding ortho intramolecular Hbond substituents is 1. The smallest absolute Gasteiger partial charge is 0.253 e. The molecule has 6 heterocycles. The zero-order valence-corrected chi connectivity index (χ0v) is 48.1. The van der Waals surface area contributed by atoms with E-state index in [1.54, 1.807) is 13.8 Å². The number of imide groups is 1. The van der Waals surface area contributed by atoms with Crippen molar-refractivity contribution in [1.29, 1.82) is 0 Å². The van der Waals surface area contributed by atoms with Gasteiger partial charge in [0, 0.05) is 87.0 Å². The van der Waals surface area contributed by atoms with Crippen LogP contribution in [0.15, 0.2) is 29.3 Å². The van der Waals surface area contributed by atoms with Gasteiger partial charge in [0.2, 0.25) is 59.1 Å². The normalized spacial score (nSPS) is 27.6. The lowest BCUT2D eigenvalue weighted by Gasteiger charge is -2.32. The van der Waals surface area contributed by atoms with Crippen LogP contribution >= 0.6 is 0 Å². The van der Waals surface area contributed by atoms with Crippen molar-refractivity contribution in [2.45, 2.75) is 145 Å². The minimum atomic E-state index is -2.50. The van der Waals surface area contributed by atoms with Gasteiger partial charge in [-0.1, -0.05) is 33.6 Å². The molecular formula is C54H75N13O17S. The fraction of sp³-hybridized carbons (Fsp3) is 0.593. The predicted octanol–water partition coefficient (Wildman–Crippen LogP) is -5.74. The first-order chi connectivity index (χ1) is 40.4. The number of aliphatic hydroxyl groups excluding tert-OH is 3. The average molecular weight is 1210 g/mol. The number of carbonyl (C=O) groups is 12. The molecule has 15 N–H and O–H groups in total. The summed E-state index contributed by atoms with van der Waals surface area (Å²) in [5.74, 6) is -13.4. The number of primary amides is 1. The first-order valence-corrected chi connectivity index (χ1v) is 29.6. The molecular weight excluding hydrogens is 1130 g/mol. The van der Waals surface area contributed by atoms with E-state index in [0.717, 1.165) is 9.80 Å². The van der Waals surface area contributed by atoms with Gasteiger partial charge >= 0.3 is 0 Å². The summed E-state index contributed by atoms with van der Waals surface area (Å²) in [6, 6.07) is -7.60. The standard InChI is InChI=1S/C54H75N13O17S/c1-4-26(2)45-51(81)58-19-41(74)59-35-25-85(84)53-31(30-9-10-37(70)32(47(30)64-53)23-65-21-28(65)13-14-56-40(73)8-6-5-7-15-66-43(76)11-12-44(66)77)17-33(48(78)57-20-42(75)62-45)60-52(82)46(27(3)38(71)24-68)63-50(80)36-16-29(69)22-67(36)54(83)34(18-39(55)72)61-49(35)79/h9-12,26-29,33-36,38,45-46,64,68-71H,4-8,13-25H2,1-3H3,(H2,55,72)(H,56,73)(H,57,78)(H,58,81)(H,59,74)(H,60,82)(H,61,79)(H,62,75)(H,63,80)/t26-,27+,28?,29+,33+,34-,35+,36-,38+,45-,46-,65?,85?/m0/s1. The van der Waals surface area contributed by atoms with Crippen molar-refractivity contribution in [3.63, 3.8) is 0 Å². The lowest BCUT2D eigenvalue weighted by atomic mass is 9.93. The highest BCUT2D eigenvalue weighted by Gasteiger charge is 2.45. The molecule has 1 aromatic heterocycles. The van der Waals surface area contributed by atoms with E-state index in [9.17, 15) is 78.0 Å². The van der Waals surface area contributed by atoms with Crippen LogP contribution in [-0.4, -0.2) is 221 Å². The number of hydrogen-bond acceptors (Lipinski definition) is 18. The lowest BCUT2D eigenvalue weighted by Crippen LogP contribution is -2.62. The maximum absolute atomic E-state index is 15.2. The Bertz CT molecular complexity index is 2990. The monoisotopic (exact) mass is 1210 g/mol. The Labute approximate surface area is 490 Å². The second-order valence-corrected chi connectivity index (χ2v) is 23.5. The molecule has 30 nitrogen and oxygen atoms in total. The van der Waals surface area contributed by atoms with Crippen LogP contribution in [0.25, 0.3) is 10.9 Å². The second kappa shape index (κ2) is 28.8. The van der Waals surface area contributed by atoms with Crippen LogP contribution in [0.2, 0.25) is 0 Å². The van der Waals surface area contributed by atoms with Crippen molar-refractivity contribution < 1.29 is 82.2 Å². The number of H-pyrrole nitrogens is 1. The number of rotatable bonds is 18. The third-order valence-corrected chi connectivity index (χ3v) is 17.4. The van der Waals surface area contributed by atoms with Crippen molar-refractivity contribution in [2.24, 2.45) is 17.6 Å². The molecule has 2 fully saturated rings. The first-order valence-electron chi connectivity index (χ1n) is 28.3. The van der Waals surface area contributed by atoms with Crippen LogP contribution in [0.1, 0.15) is 83.3 Å². The summed E-state index contributed by atoms with van der Waals surface area (Å²) in [5, 5.41) is 63.6. The number of fused-ring (bicyclic) bond motifs is 5. The number of phenols is 1. The summed E-state index contributed by atoms with van der Waals surface area (Å²) in [6.45, 7) is 2.75. The van der Waals surface area contributed by atoms with E-state index in [2.05, 4.69) is 47.5 Å². The number of aromatic amines is 1. The molecule has 0 radical (unpaired) electrons. The Kier molecular flexibility index (Phi) is 21.9. The van der Waals surface area contributed by atoms with Gasteiger partial charge in [0.15, 0.2) is 0 Å². The number of aliphatic hydroxyl groups is 3. The summed E-state index contributed by atoms with van der Waals surface area (Å²) in [7, 11) is -2.50. The Morgan fingerprint density at radius 3 is 2.20 bits per heavy atom. The first kappa shape index (κ1) is 64.7. The minimum absolute atomic E-state index is 0.0396. The molecule has 2 bridgehead atoms. The third-order valence-electron chi connectivity index (χ3n) is 16.0. The predicted molar refractivity (Wildman–Crippen MR) is 298 cm³/mol. The Balaban J connectivity index is 1.26. The number of nitrogens with two attached hydrogens (primary N) is 1. The highest BCUT2D eigenvalue weighted by Crippen LogP contribution is 2.37. The molecule has 13 atom stereocenters. The van der Waals surface area contributed by atoms with E-state index in [0.29, 0.717) is 45.2 Å². The van der Waals surface area contributed by atoms with Crippen molar-refractivity contribution >= 4 is 92.6 Å². The van der Waals surface area contributed by atoms with E-state index in [-0.39, 0.29) is 76.1 Å². The summed E-state index contributed by atoms with van der Waals surface area (Å²) < 4.78 is 15.2. The molecule has 0 spiro atoms. The Morgan fingerprint density at radius 2 is 1.52 bits per heavy atom. The SMILES string of the molecule is CC[C@H](C)[C@@H]1NC(=O)CNC(=O)[C@H]2Cc3c([nH]c4c(CN5CC5CCNC(=O)CCCCCN5C(=O)C=CC5=O)c(O)ccc34)S(=O)C[C@@H](NC(=O)CNC1=O)C(=O)N[C@@H](CC(N)=O)C(=O)N1C[C@H](O)C[C@H]1C(=O)N[C@@H]([C@H](C)[C@H](O)CO)C(=O)N2. The zero-order chi connectivity index (χ0) is 62.0. The van der Waals surface area contributed by atoms with Crippen molar-refractivity contribution in [1.82, 2.24) is 62.2 Å². The van der Waals surface area contributed by atoms with E-state index < -0.39 is 176 Å². The number of aromatic nitrogens is 1. The van der Waals surface area contributed by atoms with E-state index in [4.69, 9.17) is 5.73 Å². The summed E-state index contributed by atoms with van der Waals surface area (Å²) in [5.41, 5.74) is 6.06. The molecule has 2 aromatic rings. The van der Waals surface area contributed by atoms with Crippen molar-refractivity contribution in [3.05, 3.63) is 35.4 Å². The van der Waals surface area contributed by atoms with Gasteiger partial charge in [-0.3, -0.25) is 71.5 Å². The van der Waals surface area contributed by atoms with Gasteiger partial charge in [0.05, 0.1) is 60.4 Å². The van der Waals surface area contributed by atoms with E-state index in [1.165, 1.54) is 31.2 Å². The lowest BCUT2D eigenvalue weighted by molar-refractivity contribution is -0.144. The van der Waals surface area contributed by atoms with Crippen molar-refractivity contribution in [3.8, 4) is 5.75 Å². The van der Waals surface area contributed by atoms with Crippen LogP contribution in [-0.2, 0) is 81.3 Å². The van der Waals surface area contributed by atoms with E-state index >= 15 is 4.21 Å². The number of nitrogens with one attached hydrogen (secondary N) is 9. The van der Waals surface area contributed by atoms with Gasteiger partial charge in [-0.05, 0) is 42.9 Å². The van der Waals surface area contributed by atoms with Crippen molar-refractivity contribution in [2.75, 3.05) is 51.6 Å². The number of unbranched alkanes of at least 4 members (excludes halogenated alkanes) is 2. The fourth-order valence-electron chi connectivity index (χ4n) is 10.7. The van der Waals surface area contributed by atoms with Gasteiger partial charge in [0.25, 0.3) is 11.8 Å². The topological polar surface area (TPSA) is 450 Å². The Morgan fingerprint density at radius 1 is 0.824 bits per heavy atom. The fourth-order valence-corrected chi connectivity index (χ4v) is 12.1. The van der Waals surface area contributed by atoms with Gasteiger partial charge < -0.3 is 78.6 Å². The zero-order valence-electron chi connectivity index (χ0n) is 47.3. The highest BCUT2D eigenvalue weighted by atomic mass is 32.2. The molecule has 2 saturated heterocycles. The van der Waals surface area contributed by atoms with Gasteiger partial charge in [-0.15, -0.1) is 0 Å². The van der Waals surface area contributed by atoms with Gasteiger partial charge in [0.1, 0.15) is 47.0 Å². The van der Waals surface area contributed by atoms with Crippen LogP contribution in [0, 0.1) is 11.8 Å². The quantitative estimate of drug-likeness (QED) is 0.0376. The molecule has 0 aliphatic carbocycles. The molecule has 1 aromatic carbocycles. The van der Waals surface area contributed by atoms with Crippen LogP contribution in [0.4, 0.5) is 0 Å². The molecule has 85 heavy (non-hydrogen) atoms. The maximum Gasteiger partial charge on any atom is 0.253 e. The number of benzene rings is 1. The highest BCUT2D eigenvalue weighted by molar-refractivity contribution is 7.85. The number of hydrogen-bond donors (Lipinski definition) is 14. The third kappa shape index (κ3) is 16.3. The molecule has 31 heteroatoms. The number of amides is 12. The van der Waals surface area contributed by atoms with Crippen LogP contribution in [0.3, 0.4) is 0 Å².